The van der Waals surface area contributed by atoms with Crippen LogP contribution in [0.25, 0.3) is 0 Å². The lowest BCUT2D eigenvalue weighted by Gasteiger charge is -2.33. The molecule has 2 aliphatic heterocycles. The zero-order valence-corrected chi connectivity index (χ0v) is 18.5. The van der Waals surface area contributed by atoms with Gasteiger partial charge in [-0.1, -0.05) is 30.3 Å². The molecule has 3 heterocycles. The molecule has 6 heteroatoms. The molecule has 0 bridgehead atoms. The fourth-order valence-corrected chi connectivity index (χ4v) is 4.56. The SMILES string of the molecule is [B]N1CCC[C@H]1COc1cncc(N2CCC(CCOCCc3ccccc3)CC2)c1. The molecule has 2 radical (unpaired) electrons. The highest BCUT2D eigenvalue weighted by molar-refractivity contribution is 6.04. The van der Waals surface area contributed by atoms with Gasteiger partial charge in [-0.05, 0) is 56.6 Å². The molecule has 0 spiro atoms. The molecular formula is C25H34BN3O2. The highest BCUT2D eigenvalue weighted by Crippen LogP contribution is 2.27. The van der Waals surface area contributed by atoms with E-state index in [2.05, 4.69) is 46.3 Å². The van der Waals surface area contributed by atoms with Crippen LogP contribution in [0.5, 0.6) is 5.75 Å². The van der Waals surface area contributed by atoms with E-state index < -0.39 is 0 Å². The minimum atomic E-state index is 0.314. The third-order valence-electron chi connectivity index (χ3n) is 6.59. The summed E-state index contributed by atoms with van der Waals surface area (Å²) in [6.45, 7) is 5.40. The number of hydrogen-bond acceptors (Lipinski definition) is 5. The Hall–Kier alpha value is -2.05. The average Bonchev–Trinajstić information content (AvgIpc) is 3.23. The zero-order chi connectivity index (χ0) is 21.3. The van der Waals surface area contributed by atoms with Crippen LogP contribution in [0.1, 0.15) is 37.7 Å². The number of pyridine rings is 1. The van der Waals surface area contributed by atoms with E-state index in [1.54, 1.807) is 6.20 Å². The highest BCUT2D eigenvalue weighted by atomic mass is 16.5. The zero-order valence-electron chi connectivity index (χ0n) is 18.5. The maximum absolute atomic E-state index is 6.00. The summed E-state index contributed by atoms with van der Waals surface area (Å²) < 4.78 is 11.9. The summed E-state index contributed by atoms with van der Waals surface area (Å²) in [6.07, 6.45) is 10.6. The van der Waals surface area contributed by atoms with Crippen molar-refractivity contribution < 1.29 is 9.47 Å². The van der Waals surface area contributed by atoms with Crippen molar-refractivity contribution in [2.45, 2.75) is 44.6 Å². The Morgan fingerprint density at radius 3 is 2.61 bits per heavy atom. The predicted molar refractivity (Wildman–Crippen MR) is 126 cm³/mol. The number of aromatic nitrogens is 1. The molecule has 2 saturated heterocycles. The van der Waals surface area contributed by atoms with Crippen molar-refractivity contribution in [2.75, 3.05) is 44.4 Å². The minimum absolute atomic E-state index is 0.314. The third kappa shape index (κ3) is 6.72. The molecule has 0 unspecified atom stereocenters. The van der Waals surface area contributed by atoms with Crippen LogP contribution in [0.2, 0.25) is 0 Å². The van der Waals surface area contributed by atoms with Crippen LogP contribution in [0, 0.1) is 5.92 Å². The van der Waals surface area contributed by atoms with Gasteiger partial charge in [-0.2, -0.15) is 0 Å². The molecular weight excluding hydrogens is 385 g/mol. The first-order chi connectivity index (χ1) is 15.3. The number of benzene rings is 1. The summed E-state index contributed by atoms with van der Waals surface area (Å²) >= 11 is 0. The second-order valence-electron chi connectivity index (χ2n) is 8.79. The van der Waals surface area contributed by atoms with E-state index in [4.69, 9.17) is 17.5 Å². The summed E-state index contributed by atoms with van der Waals surface area (Å²) in [5.74, 6) is 1.59. The van der Waals surface area contributed by atoms with Crippen LogP contribution in [0.15, 0.2) is 48.8 Å². The van der Waals surface area contributed by atoms with Crippen molar-refractivity contribution in [3.8, 4) is 5.75 Å². The molecule has 0 saturated carbocycles. The number of hydrogen-bond donors (Lipinski definition) is 0. The third-order valence-corrected chi connectivity index (χ3v) is 6.59. The molecule has 2 fully saturated rings. The molecule has 4 rings (SSSR count). The van der Waals surface area contributed by atoms with Gasteiger partial charge in [0.25, 0.3) is 0 Å². The minimum Gasteiger partial charge on any atom is -0.490 e. The highest BCUT2D eigenvalue weighted by Gasteiger charge is 2.22. The van der Waals surface area contributed by atoms with Gasteiger partial charge in [-0.15, -0.1) is 0 Å². The summed E-state index contributed by atoms with van der Waals surface area (Å²) in [4.78, 5) is 8.73. The number of nitrogens with zero attached hydrogens (tertiary/aromatic N) is 3. The van der Waals surface area contributed by atoms with Crippen molar-refractivity contribution >= 4 is 13.7 Å². The Balaban J connectivity index is 1.14. The van der Waals surface area contributed by atoms with Crippen LogP contribution in [0.4, 0.5) is 5.69 Å². The number of piperidine rings is 1. The molecule has 0 aliphatic carbocycles. The van der Waals surface area contributed by atoms with Gasteiger partial charge in [0.05, 0.1) is 24.7 Å². The smallest absolute Gasteiger partial charge is 0.183 e. The van der Waals surface area contributed by atoms with Gasteiger partial charge >= 0.3 is 0 Å². The largest absolute Gasteiger partial charge is 0.490 e. The van der Waals surface area contributed by atoms with Gasteiger partial charge in [-0.25, -0.2) is 0 Å². The van der Waals surface area contributed by atoms with Crippen molar-refractivity contribution in [1.29, 1.82) is 0 Å². The van der Waals surface area contributed by atoms with Crippen LogP contribution < -0.4 is 9.64 Å². The summed E-state index contributed by atoms with van der Waals surface area (Å²) in [5, 5.41) is 0. The van der Waals surface area contributed by atoms with Crippen LogP contribution in [-0.2, 0) is 11.2 Å². The van der Waals surface area contributed by atoms with Gasteiger partial charge in [0, 0.05) is 31.8 Å². The number of anilines is 1. The monoisotopic (exact) mass is 419 g/mol. The van der Waals surface area contributed by atoms with E-state index >= 15 is 0 Å². The number of ether oxygens (including phenoxy) is 2. The van der Waals surface area contributed by atoms with E-state index in [-0.39, 0.29) is 0 Å². The van der Waals surface area contributed by atoms with Gasteiger partial charge in [0.2, 0.25) is 0 Å². The second kappa shape index (κ2) is 11.5. The molecule has 0 N–H and O–H groups in total. The van der Waals surface area contributed by atoms with Crippen LogP contribution in [0.3, 0.4) is 0 Å². The molecule has 31 heavy (non-hydrogen) atoms. The molecule has 2 aliphatic rings. The first kappa shape index (κ1) is 22.2. The molecule has 1 aromatic carbocycles. The predicted octanol–water partition coefficient (Wildman–Crippen LogP) is 3.87. The lowest BCUT2D eigenvalue weighted by Crippen LogP contribution is -2.34. The fraction of sp³-hybridized carbons (Fsp3) is 0.560. The van der Waals surface area contributed by atoms with E-state index in [0.29, 0.717) is 12.6 Å². The van der Waals surface area contributed by atoms with Gasteiger partial charge in [0.15, 0.2) is 7.98 Å². The topological polar surface area (TPSA) is 37.8 Å². The van der Waals surface area contributed by atoms with Gasteiger partial charge in [-0.3, -0.25) is 4.98 Å². The Kier molecular flexibility index (Phi) is 8.25. The van der Waals surface area contributed by atoms with Crippen molar-refractivity contribution in [2.24, 2.45) is 5.92 Å². The molecule has 2 aromatic rings. The quantitative estimate of drug-likeness (QED) is 0.432. The lowest BCUT2D eigenvalue weighted by atomic mass is 9.94. The van der Waals surface area contributed by atoms with E-state index in [0.717, 1.165) is 75.9 Å². The fourth-order valence-electron chi connectivity index (χ4n) is 4.56. The Morgan fingerprint density at radius 2 is 1.84 bits per heavy atom. The molecule has 1 atom stereocenters. The normalized spacial score (nSPS) is 20.3. The first-order valence-corrected chi connectivity index (χ1v) is 11.7. The van der Waals surface area contributed by atoms with E-state index in [1.807, 2.05) is 11.0 Å². The van der Waals surface area contributed by atoms with Crippen molar-refractivity contribution in [1.82, 2.24) is 9.79 Å². The van der Waals surface area contributed by atoms with Crippen molar-refractivity contribution in [3.63, 3.8) is 0 Å². The second-order valence-corrected chi connectivity index (χ2v) is 8.79. The lowest BCUT2D eigenvalue weighted by molar-refractivity contribution is 0.118. The molecule has 0 amide bonds. The summed E-state index contributed by atoms with van der Waals surface area (Å²) in [5.41, 5.74) is 2.50. The Labute approximate surface area is 188 Å². The maximum atomic E-state index is 6.00. The van der Waals surface area contributed by atoms with Crippen LogP contribution >= 0.6 is 0 Å². The number of rotatable bonds is 10. The maximum Gasteiger partial charge on any atom is 0.183 e. The van der Waals surface area contributed by atoms with E-state index in [9.17, 15) is 0 Å². The van der Waals surface area contributed by atoms with Crippen LogP contribution in [-0.4, -0.2) is 63.3 Å². The molecule has 1 aromatic heterocycles. The van der Waals surface area contributed by atoms with Gasteiger partial charge in [0.1, 0.15) is 12.4 Å². The Morgan fingerprint density at radius 1 is 1.00 bits per heavy atom. The summed E-state index contributed by atoms with van der Waals surface area (Å²) in [7, 11) is 6.00. The van der Waals surface area contributed by atoms with E-state index in [1.165, 1.54) is 18.4 Å². The molecule has 5 nitrogen and oxygen atoms in total. The first-order valence-electron chi connectivity index (χ1n) is 11.7. The molecule has 164 valence electrons. The average molecular weight is 419 g/mol. The van der Waals surface area contributed by atoms with Crippen molar-refractivity contribution in [3.05, 3.63) is 54.4 Å². The summed E-state index contributed by atoms with van der Waals surface area (Å²) in [6, 6.07) is 13.0. The Bertz CT molecular complexity index is 783. The standard InChI is InChI=1S/C25H34BN3O2/c26-29-12-4-7-23(29)20-31-25-17-24(18-27-19-25)28-13-8-22(9-14-28)11-16-30-15-10-21-5-2-1-3-6-21/h1-3,5-6,17-19,22-23H,4,7-16,20H2/t23-/m0/s1. The van der Waals surface area contributed by atoms with Gasteiger partial charge < -0.3 is 19.2 Å².